The number of hydrogen-bond donors (Lipinski definition) is 0. The molecule has 0 aliphatic heterocycles. The zero-order valence-corrected chi connectivity index (χ0v) is 16.0. The zero-order chi connectivity index (χ0) is 18.5. The number of halogens is 1. The number of pyridine rings is 1. The van der Waals surface area contributed by atoms with Gasteiger partial charge in [0.1, 0.15) is 17.0 Å². The number of carbonyl (C=O) groups excluding carboxylic acids is 1. The summed E-state index contributed by atoms with van der Waals surface area (Å²) in [4.78, 5) is 22.7. The Morgan fingerprint density at radius 3 is 2.50 bits per heavy atom. The molecule has 0 unspecified atom stereocenters. The Morgan fingerprint density at radius 1 is 1.19 bits per heavy atom. The van der Waals surface area contributed by atoms with Crippen molar-refractivity contribution in [1.82, 2.24) is 4.98 Å². The molecule has 0 aliphatic carbocycles. The fraction of sp³-hybridized carbons (Fsp3) is 0.211. The molecule has 0 aliphatic rings. The van der Waals surface area contributed by atoms with Gasteiger partial charge in [0.2, 0.25) is 12.4 Å². The smallest absolute Gasteiger partial charge is 0.350 e. The van der Waals surface area contributed by atoms with Crippen LogP contribution >= 0.6 is 22.9 Å². The first-order valence-corrected chi connectivity index (χ1v) is 9.27. The maximum absolute atomic E-state index is 12.4. The molecule has 0 spiro atoms. The maximum atomic E-state index is 12.4. The van der Waals surface area contributed by atoms with E-state index in [1.807, 2.05) is 36.4 Å². The van der Waals surface area contributed by atoms with Crippen molar-refractivity contribution < 1.29 is 19.1 Å². The Morgan fingerprint density at radius 2 is 1.88 bits per heavy atom. The highest BCUT2D eigenvalue weighted by Crippen LogP contribution is 2.30. The van der Waals surface area contributed by atoms with Crippen LogP contribution in [0.25, 0.3) is 10.6 Å². The molecule has 5 nitrogen and oxygen atoms in total. The van der Waals surface area contributed by atoms with Crippen LogP contribution in [0.1, 0.15) is 27.9 Å². The molecule has 26 heavy (non-hydrogen) atoms. The Hall–Kier alpha value is -2.44. The lowest BCUT2D eigenvalue weighted by molar-refractivity contribution is -0.885. The number of rotatable bonds is 6. The van der Waals surface area contributed by atoms with E-state index in [0.717, 1.165) is 16.1 Å². The van der Waals surface area contributed by atoms with Gasteiger partial charge in [0.05, 0.1) is 12.3 Å². The molecule has 0 saturated carbocycles. The van der Waals surface area contributed by atoms with Crippen molar-refractivity contribution in [2.75, 3.05) is 13.7 Å². The average Bonchev–Trinajstić information content (AvgIpc) is 3.08. The van der Waals surface area contributed by atoms with Gasteiger partial charge in [0.15, 0.2) is 0 Å². The van der Waals surface area contributed by atoms with Crippen molar-refractivity contribution in [3.8, 4) is 10.6 Å². The van der Waals surface area contributed by atoms with Crippen LogP contribution in [0.15, 0.2) is 48.8 Å². The van der Waals surface area contributed by atoms with Gasteiger partial charge >= 0.3 is 5.97 Å². The van der Waals surface area contributed by atoms with Gasteiger partial charge in [0.25, 0.3) is 0 Å². The quantitative estimate of drug-likeness (QED) is 0.477. The van der Waals surface area contributed by atoms with E-state index in [1.165, 1.54) is 11.3 Å². The van der Waals surface area contributed by atoms with E-state index in [4.69, 9.17) is 26.2 Å². The van der Waals surface area contributed by atoms with Gasteiger partial charge in [-0.05, 0) is 24.6 Å². The number of aromatic nitrogens is 2. The van der Waals surface area contributed by atoms with Gasteiger partial charge in [-0.25, -0.2) is 9.78 Å². The van der Waals surface area contributed by atoms with Crippen molar-refractivity contribution in [2.24, 2.45) is 0 Å². The molecule has 0 bridgehead atoms. The molecule has 0 amide bonds. The normalized spacial score (nSPS) is 10.6. The summed E-state index contributed by atoms with van der Waals surface area (Å²) in [6.07, 6.45) is 4.12. The van der Waals surface area contributed by atoms with Gasteiger partial charge in [-0.2, -0.15) is 0 Å². The van der Waals surface area contributed by atoms with Crippen LogP contribution in [0.5, 0.6) is 0 Å². The van der Waals surface area contributed by atoms with E-state index in [2.05, 4.69) is 0 Å². The van der Waals surface area contributed by atoms with E-state index in [1.54, 1.807) is 31.2 Å². The predicted octanol–water partition coefficient (Wildman–Crippen LogP) is 3.58. The van der Waals surface area contributed by atoms with Gasteiger partial charge < -0.3 is 4.74 Å². The second kappa shape index (κ2) is 8.29. The minimum atomic E-state index is -0.344. The number of esters is 1. The highest BCUT2D eigenvalue weighted by atomic mass is 35.5. The number of thiazole rings is 1. The monoisotopic (exact) mass is 389 g/mol. The summed E-state index contributed by atoms with van der Waals surface area (Å²) < 4.78 is 6.78. The Bertz CT molecular complexity index is 892. The van der Waals surface area contributed by atoms with Crippen LogP contribution in [0.2, 0.25) is 5.02 Å². The van der Waals surface area contributed by atoms with Gasteiger partial charge in [0, 0.05) is 33.9 Å². The summed E-state index contributed by atoms with van der Waals surface area (Å²) in [7, 11) is 1.59. The first-order chi connectivity index (χ1) is 12.6. The van der Waals surface area contributed by atoms with Crippen molar-refractivity contribution >= 4 is 28.9 Å². The maximum Gasteiger partial charge on any atom is 0.350 e. The van der Waals surface area contributed by atoms with Gasteiger partial charge in [-0.3, -0.25) is 4.84 Å². The zero-order valence-electron chi connectivity index (χ0n) is 14.4. The lowest BCUT2D eigenvalue weighted by atomic mass is 10.1. The van der Waals surface area contributed by atoms with Crippen LogP contribution in [0, 0.1) is 0 Å². The molecule has 7 heteroatoms. The number of nitrogens with zero attached hydrogens (tertiary/aromatic N) is 2. The molecule has 0 atom stereocenters. The molecule has 3 aromatic rings. The van der Waals surface area contributed by atoms with E-state index >= 15 is 0 Å². The third-order valence-electron chi connectivity index (χ3n) is 3.70. The molecule has 0 radical (unpaired) electrons. The predicted molar refractivity (Wildman–Crippen MR) is 100 cm³/mol. The van der Waals surface area contributed by atoms with Crippen LogP contribution in [-0.2, 0) is 11.2 Å². The number of ether oxygens (including phenoxy) is 1. The molecule has 134 valence electrons. The topological polar surface area (TPSA) is 52.3 Å². The van der Waals surface area contributed by atoms with Crippen LogP contribution in [0.3, 0.4) is 0 Å². The Labute approximate surface area is 160 Å². The van der Waals surface area contributed by atoms with E-state index in [0.29, 0.717) is 28.6 Å². The number of benzene rings is 1. The minimum Gasteiger partial charge on any atom is -0.462 e. The highest BCUT2D eigenvalue weighted by molar-refractivity contribution is 7.17. The fourth-order valence-corrected chi connectivity index (χ4v) is 3.53. The summed E-state index contributed by atoms with van der Waals surface area (Å²) in [6.45, 7) is 2.12. The molecule has 0 saturated heterocycles. The lowest BCUT2D eigenvalue weighted by Crippen LogP contribution is -2.39. The lowest BCUT2D eigenvalue weighted by Gasteiger charge is -2.03. The van der Waals surface area contributed by atoms with Gasteiger partial charge in [-0.15, -0.1) is 11.3 Å². The second-order valence-electron chi connectivity index (χ2n) is 5.45. The van der Waals surface area contributed by atoms with Crippen LogP contribution < -0.4 is 9.57 Å². The molecule has 1 aromatic carbocycles. The van der Waals surface area contributed by atoms with E-state index in [9.17, 15) is 4.79 Å². The summed E-state index contributed by atoms with van der Waals surface area (Å²) in [6, 6.07) is 11.3. The van der Waals surface area contributed by atoms with Gasteiger partial charge in [-0.1, -0.05) is 23.7 Å². The molecule has 3 rings (SSSR count). The summed E-state index contributed by atoms with van der Waals surface area (Å²) in [5.74, 6) is -0.344. The molecular formula is C19H18ClN2O3S+. The fourth-order valence-electron chi connectivity index (χ4n) is 2.42. The standard InChI is InChI=1S/C19H18ClN2O3S/c1-3-25-19(23)17-16(12-13-4-6-15(20)7-5-13)21-18(26-17)14-8-10-22(24-2)11-9-14/h4-11H,3,12H2,1-2H3/q+1. The first-order valence-electron chi connectivity index (χ1n) is 8.08. The number of carbonyl (C=O) groups is 1. The van der Waals surface area contributed by atoms with E-state index in [-0.39, 0.29) is 5.97 Å². The number of hydrogen-bond acceptors (Lipinski definition) is 5. The third kappa shape index (κ3) is 4.20. The minimum absolute atomic E-state index is 0.325. The summed E-state index contributed by atoms with van der Waals surface area (Å²) in [5.41, 5.74) is 2.65. The SMILES string of the molecule is CCOC(=O)c1sc(-c2cc[n+](OC)cc2)nc1Cc1ccc(Cl)cc1. The summed E-state index contributed by atoms with van der Waals surface area (Å²) >= 11 is 7.28. The van der Waals surface area contributed by atoms with Crippen LogP contribution in [-0.4, -0.2) is 24.7 Å². The third-order valence-corrected chi connectivity index (χ3v) is 5.08. The van der Waals surface area contributed by atoms with Crippen LogP contribution in [0.4, 0.5) is 0 Å². The van der Waals surface area contributed by atoms with Crippen molar-refractivity contribution in [3.63, 3.8) is 0 Å². The largest absolute Gasteiger partial charge is 0.462 e. The van der Waals surface area contributed by atoms with E-state index < -0.39 is 0 Å². The first kappa shape index (κ1) is 18.4. The highest BCUT2D eigenvalue weighted by Gasteiger charge is 2.20. The Balaban J connectivity index is 1.96. The second-order valence-corrected chi connectivity index (χ2v) is 6.88. The molecule has 0 N–H and O–H groups in total. The van der Waals surface area contributed by atoms with Crippen molar-refractivity contribution in [2.45, 2.75) is 13.3 Å². The summed E-state index contributed by atoms with van der Waals surface area (Å²) in [5, 5.41) is 1.44. The molecular weight excluding hydrogens is 372 g/mol. The molecule has 0 fully saturated rings. The molecule has 2 heterocycles. The Kier molecular flexibility index (Phi) is 5.85. The molecule has 2 aromatic heterocycles. The van der Waals surface area contributed by atoms with Crippen molar-refractivity contribution in [3.05, 3.63) is 69.9 Å². The van der Waals surface area contributed by atoms with Crippen molar-refractivity contribution in [1.29, 1.82) is 0 Å². The average molecular weight is 390 g/mol.